The molecule has 0 saturated carbocycles. The predicted octanol–water partition coefficient (Wildman–Crippen LogP) is 1.26. The fourth-order valence-electron chi connectivity index (χ4n) is 1.28. The predicted molar refractivity (Wildman–Crippen MR) is 53.3 cm³/mol. The molecule has 4 nitrogen and oxygen atoms in total. The summed E-state index contributed by atoms with van der Waals surface area (Å²) in [5.41, 5.74) is 8.33. The lowest BCUT2D eigenvalue weighted by Gasteiger charge is -2.02. The molecular formula is C8H9BrN4. The zero-order valence-corrected chi connectivity index (χ0v) is 8.74. The first-order valence-electron chi connectivity index (χ1n) is 3.92. The largest absolute Gasteiger partial charge is 0.325 e. The molecule has 0 bridgehead atoms. The van der Waals surface area contributed by atoms with E-state index in [1.165, 1.54) is 0 Å². The van der Waals surface area contributed by atoms with Gasteiger partial charge in [0.1, 0.15) is 0 Å². The van der Waals surface area contributed by atoms with Gasteiger partial charge < -0.3 is 5.73 Å². The number of fused-ring (bicyclic) bond motifs is 1. The van der Waals surface area contributed by atoms with Gasteiger partial charge in [0.15, 0.2) is 5.65 Å². The van der Waals surface area contributed by atoms with Gasteiger partial charge >= 0.3 is 0 Å². The van der Waals surface area contributed by atoms with Gasteiger partial charge in [0, 0.05) is 12.2 Å². The van der Waals surface area contributed by atoms with Crippen LogP contribution in [0.2, 0.25) is 0 Å². The molecule has 0 atom stereocenters. The summed E-state index contributed by atoms with van der Waals surface area (Å²) < 4.78 is 2.64. The van der Waals surface area contributed by atoms with E-state index in [0.717, 1.165) is 21.5 Å². The van der Waals surface area contributed by atoms with E-state index in [4.69, 9.17) is 5.73 Å². The minimum atomic E-state index is 0.466. The number of hydrogen-bond donors (Lipinski definition) is 1. The van der Waals surface area contributed by atoms with Gasteiger partial charge in [0.25, 0.3) is 0 Å². The molecule has 0 spiro atoms. The van der Waals surface area contributed by atoms with Crippen molar-refractivity contribution in [1.29, 1.82) is 0 Å². The molecular weight excluding hydrogens is 232 g/mol. The van der Waals surface area contributed by atoms with E-state index >= 15 is 0 Å². The van der Waals surface area contributed by atoms with Crippen molar-refractivity contribution in [1.82, 2.24) is 14.6 Å². The maximum atomic E-state index is 5.59. The highest BCUT2D eigenvalue weighted by Gasteiger charge is 2.06. The second kappa shape index (κ2) is 3.08. The van der Waals surface area contributed by atoms with Crippen LogP contribution in [0.3, 0.4) is 0 Å². The van der Waals surface area contributed by atoms with Crippen molar-refractivity contribution < 1.29 is 0 Å². The van der Waals surface area contributed by atoms with Crippen molar-refractivity contribution in [3.05, 3.63) is 28.1 Å². The van der Waals surface area contributed by atoms with Crippen LogP contribution in [0.4, 0.5) is 0 Å². The van der Waals surface area contributed by atoms with Crippen LogP contribution >= 0.6 is 15.9 Å². The summed E-state index contributed by atoms with van der Waals surface area (Å²) in [6.45, 7) is 2.41. The van der Waals surface area contributed by atoms with Crippen molar-refractivity contribution >= 4 is 21.6 Å². The summed E-state index contributed by atoms with van der Waals surface area (Å²) in [5, 5.41) is 4.16. The average Bonchev–Trinajstić information content (AvgIpc) is 2.47. The Balaban J connectivity index is 2.84. The number of nitrogens with two attached hydrogens (primary N) is 1. The standard InChI is InChI=1S/C8H9BrN4/c1-5-2-6(3-10)13-8(12-5)7(9)4-11-13/h2,4H,3,10H2,1H3. The van der Waals surface area contributed by atoms with E-state index in [9.17, 15) is 0 Å². The molecule has 0 fully saturated rings. The summed E-state index contributed by atoms with van der Waals surface area (Å²) in [6.07, 6.45) is 1.72. The fourth-order valence-corrected chi connectivity index (χ4v) is 1.63. The number of rotatable bonds is 1. The van der Waals surface area contributed by atoms with E-state index in [1.807, 2.05) is 13.0 Å². The minimum Gasteiger partial charge on any atom is -0.325 e. The third-order valence-corrected chi connectivity index (χ3v) is 2.40. The molecule has 0 aliphatic carbocycles. The molecule has 0 aromatic carbocycles. The molecule has 0 amide bonds. The maximum absolute atomic E-state index is 5.59. The van der Waals surface area contributed by atoms with E-state index < -0.39 is 0 Å². The Morgan fingerprint density at radius 1 is 1.62 bits per heavy atom. The number of aromatic nitrogens is 3. The molecule has 2 aromatic rings. The maximum Gasteiger partial charge on any atom is 0.169 e. The van der Waals surface area contributed by atoms with Gasteiger partial charge in [-0.15, -0.1) is 0 Å². The second-order valence-electron chi connectivity index (χ2n) is 2.82. The average molecular weight is 241 g/mol. The highest BCUT2D eigenvalue weighted by molar-refractivity contribution is 9.10. The Morgan fingerprint density at radius 2 is 2.38 bits per heavy atom. The van der Waals surface area contributed by atoms with Crippen LogP contribution in [0.5, 0.6) is 0 Å². The molecule has 0 saturated heterocycles. The molecule has 0 aliphatic heterocycles. The molecule has 2 heterocycles. The molecule has 0 unspecified atom stereocenters. The third kappa shape index (κ3) is 1.34. The zero-order valence-electron chi connectivity index (χ0n) is 7.16. The lowest BCUT2D eigenvalue weighted by molar-refractivity contribution is 0.829. The molecule has 2 rings (SSSR count). The Bertz CT molecular complexity index is 449. The van der Waals surface area contributed by atoms with Gasteiger partial charge in [0.2, 0.25) is 0 Å². The van der Waals surface area contributed by atoms with E-state index in [0.29, 0.717) is 6.54 Å². The number of hydrogen-bond acceptors (Lipinski definition) is 3. The first kappa shape index (κ1) is 8.65. The van der Waals surface area contributed by atoms with Crippen molar-refractivity contribution in [2.75, 3.05) is 0 Å². The zero-order chi connectivity index (χ0) is 9.42. The molecule has 2 N–H and O–H groups in total. The highest BCUT2D eigenvalue weighted by atomic mass is 79.9. The smallest absolute Gasteiger partial charge is 0.169 e. The van der Waals surface area contributed by atoms with Crippen LogP contribution in [-0.4, -0.2) is 14.6 Å². The summed E-state index contributed by atoms with van der Waals surface area (Å²) >= 11 is 3.38. The van der Waals surface area contributed by atoms with Crippen molar-refractivity contribution in [2.45, 2.75) is 13.5 Å². The molecule has 0 radical (unpaired) electrons. The highest BCUT2D eigenvalue weighted by Crippen LogP contribution is 2.16. The van der Waals surface area contributed by atoms with E-state index in [2.05, 4.69) is 26.0 Å². The second-order valence-corrected chi connectivity index (χ2v) is 3.68. The van der Waals surface area contributed by atoms with E-state index in [-0.39, 0.29) is 0 Å². The Morgan fingerprint density at radius 3 is 3.08 bits per heavy atom. The Labute approximate surface area is 83.9 Å². The normalized spacial score (nSPS) is 11.0. The lowest BCUT2D eigenvalue weighted by atomic mass is 10.3. The summed E-state index contributed by atoms with van der Waals surface area (Å²) in [7, 11) is 0. The van der Waals surface area contributed by atoms with Gasteiger partial charge in [-0.1, -0.05) is 0 Å². The number of nitrogens with zero attached hydrogens (tertiary/aromatic N) is 3. The van der Waals surface area contributed by atoms with Crippen LogP contribution in [-0.2, 0) is 6.54 Å². The molecule has 68 valence electrons. The first-order chi connectivity index (χ1) is 6.22. The van der Waals surface area contributed by atoms with Gasteiger partial charge in [0.05, 0.1) is 16.4 Å². The molecule has 5 heteroatoms. The van der Waals surface area contributed by atoms with Gasteiger partial charge in [-0.05, 0) is 28.9 Å². The van der Waals surface area contributed by atoms with Gasteiger partial charge in [-0.2, -0.15) is 5.10 Å². The van der Waals surface area contributed by atoms with Crippen LogP contribution < -0.4 is 5.73 Å². The first-order valence-corrected chi connectivity index (χ1v) is 4.71. The summed E-state index contributed by atoms with van der Waals surface area (Å²) in [4.78, 5) is 4.34. The van der Waals surface area contributed by atoms with Crippen molar-refractivity contribution in [3.8, 4) is 0 Å². The van der Waals surface area contributed by atoms with Crippen LogP contribution in [0.25, 0.3) is 5.65 Å². The number of halogens is 1. The molecule has 2 aromatic heterocycles. The monoisotopic (exact) mass is 240 g/mol. The van der Waals surface area contributed by atoms with E-state index in [1.54, 1.807) is 10.7 Å². The van der Waals surface area contributed by atoms with Crippen molar-refractivity contribution in [2.24, 2.45) is 5.73 Å². The van der Waals surface area contributed by atoms with Crippen molar-refractivity contribution in [3.63, 3.8) is 0 Å². The Kier molecular flexibility index (Phi) is 2.05. The minimum absolute atomic E-state index is 0.466. The summed E-state index contributed by atoms with van der Waals surface area (Å²) in [6, 6.07) is 1.94. The Hall–Kier alpha value is -0.940. The number of aryl methyl sites for hydroxylation is 1. The molecule has 0 aliphatic rings. The molecule has 13 heavy (non-hydrogen) atoms. The summed E-state index contributed by atoms with van der Waals surface area (Å²) in [5.74, 6) is 0. The third-order valence-electron chi connectivity index (χ3n) is 1.84. The quantitative estimate of drug-likeness (QED) is 0.817. The topological polar surface area (TPSA) is 56.2 Å². The SMILES string of the molecule is Cc1cc(CN)n2ncc(Br)c2n1. The van der Waals surface area contributed by atoms with Crippen LogP contribution in [0.1, 0.15) is 11.4 Å². The van der Waals surface area contributed by atoms with Gasteiger partial charge in [-0.3, -0.25) is 0 Å². The lowest BCUT2D eigenvalue weighted by Crippen LogP contribution is -2.06. The van der Waals surface area contributed by atoms with Crippen LogP contribution in [0.15, 0.2) is 16.7 Å². The van der Waals surface area contributed by atoms with Crippen LogP contribution in [0, 0.1) is 6.92 Å². The fraction of sp³-hybridized carbons (Fsp3) is 0.250. The van der Waals surface area contributed by atoms with Gasteiger partial charge in [-0.25, -0.2) is 9.50 Å².